The first kappa shape index (κ1) is 17.5. The van der Waals surface area contributed by atoms with Crippen molar-refractivity contribution in [3.05, 3.63) is 53.3 Å². The number of aromatic nitrogens is 2. The fraction of sp³-hybridized carbons (Fsp3) is 0.348. The van der Waals surface area contributed by atoms with E-state index in [0.717, 1.165) is 24.1 Å². The van der Waals surface area contributed by atoms with Crippen molar-refractivity contribution in [2.24, 2.45) is 0 Å². The fourth-order valence-electron chi connectivity index (χ4n) is 4.67. The predicted octanol–water partition coefficient (Wildman–Crippen LogP) is 3.86. The summed E-state index contributed by atoms with van der Waals surface area (Å²) in [5, 5.41) is 4.18. The summed E-state index contributed by atoms with van der Waals surface area (Å²) in [6.45, 7) is 0.798. The Bertz CT molecular complexity index is 1140. The highest BCUT2D eigenvalue weighted by Gasteiger charge is 2.36. The molecule has 0 radical (unpaired) electrons. The van der Waals surface area contributed by atoms with Crippen molar-refractivity contribution in [1.82, 2.24) is 10.1 Å². The fourth-order valence-corrected chi connectivity index (χ4v) is 4.67. The predicted molar refractivity (Wildman–Crippen MR) is 109 cm³/mol. The van der Waals surface area contributed by atoms with E-state index in [2.05, 4.69) is 28.3 Å². The molecule has 3 aromatic rings. The van der Waals surface area contributed by atoms with Gasteiger partial charge in [0, 0.05) is 30.1 Å². The number of aryl methyl sites for hydroxylation is 1. The molecule has 2 aliphatic heterocycles. The number of carbonyl (C=O) groups excluding carboxylic acids is 1. The Kier molecular flexibility index (Phi) is 4.00. The van der Waals surface area contributed by atoms with Crippen molar-refractivity contribution in [2.75, 3.05) is 18.2 Å². The third kappa shape index (κ3) is 2.84. The van der Waals surface area contributed by atoms with Crippen molar-refractivity contribution < 1.29 is 18.8 Å². The number of ether oxygens (including phenoxy) is 2. The minimum atomic E-state index is -0.0801. The monoisotopic (exact) mass is 403 g/mol. The van der Waals surface area contributed by atoms with Gasteiger partial charge >= 0.3 is 0 Å². The van der Waals surface area contributed by atoms with Gasteiger partial charge in [0.1, 0.15) is 0 Å². The molecule has 2 aromatic carbocycles. The molecule has 3 aliphatic rings. The van der Waals surface area contributed by atoms with Crippen LogP contribution >= 0.6 is 0 Å². The second-order valence-corrected chi connectivity index (χ2v) is 8.05. The molecule has 1 aromatic heterocycles. The molecule has 30 heavy (non-hydrogen) atoms. The Morgan fingerprint density at radius 3 is 2.90 bits per heavy atom. The molecule has 1 atom stereocenters. The van der Waals surface area contributed by atoms with Crippen molar-refractivity contribution in [1.29, 1.82) is 0 Å². The van der Waals surface area contributed by atoms with Gasteiger partial charge in [0.25, 0.3) is 5.89 Å². The van der Waals surface area contributed by atoms with Crippen LogP contribution in [0.15, 0.2) is 40.9 Å². The number of hydrogen-bond donors (Lipinski definition) is 0. The van der Waals surface area contributed by atoms with E-state index in [1.54, 1.807) is 0 Å². The standard InChI is InChI=1S/C23H21N3O4/c27-21-11-16(12-26(21)18-7-3-5-14-4-1-2-6-17(14)18)22-24-23(30-25-22)15-8-9-19-20(10-15)29-13-28-19/h3,5,7-10,16H,1-2,4,6,11-13H2. The highest BCUT2D eigenvalue weighted by molar-refractivity contribution is 5.97. The van der Waals surface area contributed by atoms with E-state index in [4.69, 9.17) is 14.0 Å². The van der Waals surface area contributed by atoms with E-state index in [0.29, 0.717) is 36.2 Å². The van der Waals surface area contributed by atoms with E-state index in [9.17, 15) is 4.79 Å². The molecule has 1 saturated heterocycles. The van der Waals surface area contributed by atoms with Gasteiger partial charge in [0.15, 0.2) is 17.3 Å². The van der Waals surface area contributed by atoms with Crippen LogP contribution in [0.3, 0.4) is 0 Å². The second-order valence-electron chi connectivity index (χ2n) is 8.05. The number of carbonyl (C=O) groups is 1. The minimum Gasteiger partial charge on any atom is -0.454 e. The molecule has 1 fully saturated rings. The van der Waals surface area contributed by atoms with Crippen LogP contribution in [0, 0.1) is 0 Å². The van der Waals surface area contributed by atoms with E-state index in [-0.39, 0.29) is 18.6 Å². The van der Waals surface area contributed by atoms with Gasteiger partial charge in [-0.1, -0.05) is 17.3 Å². The first-order valence-corrected chi connectivity index (χ1v) is 10.4. The van der Waals surface area contributed by atoms with Crippen molar-refractivity contribution in [3.8, 4) is 23.0 Å². The van der Waals surface area contributed by atoms with Crippen molar-refractivity contribution in [2.45, 2.75) is 38.0 Å². The van der Waals surface area contributed by atoms with Crippen LogP contribution in [-0.4, -0.2) is 29.4 Å². The number of anilines is 1. The van der Waals surface area contributed by atoms with Crippen LogP contribution in [0.25, 0.3) is 11.5 Å². The zero-order valence-corrected chi connectivity index (χ0v) is 16.5. The lowest BCUT2D eigenvalue weighted by molar-refractivity contribution is -0.117. The van der Waals surface area contributed by atoms with Gasteiger partial charge in [-0.2, -0.15) is 4.98 Å². The van der Waals surface area contributed by atoms with Gasteiger partial charge in [-0.25, -0.2) is 0 Å². The van der Waals surface area contributed by atoms with E-state index in [1.165, 1.54) is 24.0 Å². The van der Waals surface area contributed by atoms with Crippen molar-refractivity contribution in [3.63, 3.8) is 0 Å². The average Bonchev–Trinajstić information content (AvgIpc) is 3.52. The molecule has 0 saturated carbocycles. The summed E-state index contributed by atoms with van der Waals surface area (Å²) in [4.78, 5) is 19.4. The Morgan fingerprint density at radius 2 is 1.93 bits per heavy atom. The maximum absolute atomic E-state index is 12.9. The Hall–Kier alpha value is -3.35. The normalized spacial score (nSPS) is 19.9. The van der Waals surface area contributed by atoms with Gasteiger partial charge in [-0.3, -0.25) is 4.79 Å². The molecule has 0 spiro atoms. The zero-order valence-electron chi connectivity index (χ0n) is 16.5. The van der Waals surface area contributed by atoms with E-state index in [1.807, 2.05) is 23.1 Å². The molecule has 1 unspecified atom stereocenters. The molecule has 7 heteroatoms. The molecule has 152 valence electrons. The first-order valence-electron chi connectivity index (χ1n) is 10.4. The third-order valence-corrected chi connectivity index (χ3v) is 6.21. The summed E-state index contributed by atoms with van der Waals surface area (Å²) in [7, 11) is 0. The van der Waals surface area contributed by atoms with Gasteiger partial charge in [-0.15, -0.1) is 0 Å². The van der Waals surface area contributed by atoms with Gasteiger partial charge in [0.05, 0.1) is 0 Å². The lowest BCUT2D eigenvalue weighted by Crippen LogP contribution is -2.26. The first-order chi connectivity index (χ1) is 14.8. The molecule has 0 N–H and O–H groups in total. The highest BCUT2D eigenvalue weighted by Crippen LogP contribution is 2.38. The number of fused-ring (bicyclic) bond motifs is 2. The highest BCUT2D eigenvalue weighted by atomic mass is 16.7. The van der Waals surface area contributed by atoms with Gasteiger partial charge < -0.3 is 18.9 Å². The van der Waals surface area contributed by atoms with Crippen LogP contribution in [0.4, 0.5) is 5.69 Å². The topological polar surface area (TPSA) is 77.7 Å². The molecular formula is C23H21N3O4. The molecule has 1 aliphatic carbocycles. The Morgan fingerprint density at radius 1 is 1.03 bits per heavy atom. The van der Waals surface area contributed by atoms with Gasteiger partial charge in [0.2, 0.25) is 12.7 Å². The number of hydrogen-bond acceptors (Lipinski definition) is 6. The minimum absolute atomic E-state index is 0.0801. The molecule has 0 bridgehead atoms. The van der Waals surface area contributed by atoms with Gasteiger partial charge in [-0.05, 0) is 61.1 Å². The maximum atomic E-state index is 12.9. The summed E-state index contributed by atoms with van der Waals surface area (Å²) in [6.07, 6.45) is 4.93. The summed E-state index contributed by atoms with van der Waals surface area (Å²) in [5.41, 5.74) is 4.53. The number of amides is 1. The molecular weight excluding hydrogens is 382 g/mol. The maximum Gasteiger partial charge on any atom is 0.258 e. The number of rotatable bonds is 3. The quantitative estimate of drug-likeness (QED) is 0.661. The molecule has 3 heterocycles. The van der Waals surface area contributed by atoms with Crippen LogP contribution < -0.4 is 14.4 Å². The molecule has 7 nitrogen and oxygen atoms in total. The largest absolute Gasteiger partial charge is 0.454 e. The second kappa shape index (κ2) is 6.86. The summed E-state index contributed by atoms with van der Waals surface area (Å²) >= 11 is 0. The Labute approximate surface area is 173 Å². The van der Waals surface area contributed by atoms with E-state index >= 15 is 0 Å². The number of nitrogens with zero attached hydrogens (tertiary/aromatic N) is 3. The van der Waals surface area contributed by atoms with Crippen LogP contribution in [0.1, 0.15) is 42.1 Å². The van der Waals surface area contributed by atoms with E-state index < -0.39 is 0 Å². The van der Waals surface area contributed by atoms with Crippen LogP contribution in [-0.2, 0) is 17.6 Å². The Balaban J connectivity index is 1.26. The SMILES string of the molecule is O=C1CC(c2noc(-c3ccc4c(c3)OCO4)n2)CN1c1cccc2c1CCCC2. The number of benzene rings is 2. The summed E-state index contributed by atoms with van der Waals surface area (Å²) in [6, 6.07) is 11.9. The lowest BCUT2D eigenvalue weighted by atomic mass is 9.90. The van der Waals surface area contributed by atoms with Crippen molar-refractivity contribution >= 4 is 11.6 Å². The lowest BCUT2D eigenvalue weighted by Gasteiger charge is -2.25. The summed E-state index contributed by atoms with van der Waals surface area (Å²) < 4.78 is 16.3. The molecule has 1 amide bonds. The van der Waals surface area contributed by atoms with Crippen LogP contribution in [0.5, 0.6) is 11.5 Å². The zero-order chi connectivity index (χ0) is 20.1. The summed E-state index contributed by atoms with van der Waals surface area (Å²) in [5.74, 6) is 2.41. The smallest absolute Gasteiger partial charge is 0.258 e. The molecule has 6 rings (SSSR count). The van der Waals surface area contributed by atoms with Crippen LogP contribution in [0.2, 0.25) is 0 Å². The third-order valence-electron chi connectivity index (χ3n) is 6.21. The average molecular weight is 403 g/mol.